The highest BCUT2D eigenvalue weighted by molar-refractivity contribution is 8.76. The van der Waals surface area contributed by atoms with E-state index in [2.05, 4.69) is 10.2 Å². The number of hydrogen-bond acceptors (Lipinski definition) is 7. The first-order chi connectivity index (χ1) is 9.20. The quantitative estimate of drug-likeness (QED) is 0.619. The minimum absolute atomic E-state index is 0.326. The Bertz CT molecular complexity index is 572. The lowest BCUT2D eigenvalue weighted by atomic mass is 10.2. The number of esters is 1. The van der Waals surface area contributed by atoms with E-state index in [1.807, 2.05) is 12.1 Å². The van der Waals surface area contributed by atoms with Crippen LogP contribution in [0.5, 0.6) is 0 Å². The van der Waals surface area contributed by atoms with E-state index in [0.717, 1.165) is 4.90 Å². The molecular formula is C12H12N2O3S2. The van der Waals surface area contributed by atoms with Crippen molar-refractivity contribution in [2.45, 2.75) is 24.0 Å². The second-order valence-electron chi connectivity index (χ2n) is 3.47. The van der Waals surface area contributed by atoms with E-state index in [0.29, 0.717) is 23.3 Å². The highest BCUT2D eigenvalue weighted by Crippen LogP contribution is 2.38. The molecule has 1 aromatic heterocycles. The summed E-state index contributed by atoms with van der Waals surface area (Å²) >= 11 is 0. The van der Waals surface area contributed by atoms with Crippen molar-refractivity contribution in [3.05, 3.63) is 35.7 Å². The average molecular weight is 296 g/mol. The van der Waals surface area contributed by atoms with Gasteiger partial charge in [0.2, 0.25) is 5.89 Å². The zero-order valence-corrected chi connectivity index (χ0v) is 12.1. The summed E-state index contributed by atoms with van der Waals surface area (Å²) in [4.78, 5) is 12.6. The molecule has 0 bridgehead atoms. The molecule has 5 nitrogen and oxygen atoms in total. The Morgan fingerprint density at radius 2 is 2.11 bits per heavy atom. The summed E-state index contributed by atoms with van der Waals surface area (Å²) in [6.45, 7) is 3.87. The maximum absolute atomic E-state index is 11.8. The van der Waals surface area contributed by atoms with Gasteiger partial charge in [0.15, 0.2) is 0 Å². The molecule has 0 N–H and O–H groups in total. The normalized spacial score (nSPS) is 10.4. The smallest absolute Gasteiger partial charge is 0.339 e. The van der Waals surface area contributed by atoms with Crippen molar-refractivity contribution in [3.63, 3.8) is 0 Å². The number of carbonyl (C=O) groups excluding carboxylic acids is 1. The molecule has 7 heteroatoms. The second kappa shape index (κ2) is 6.63. The Labute approximate surface area is 118 Å². The molecule has 1 heterocycles. The molecule has 0 saturated carbocycles. The van der Waals surface area contributed by atoms with Crippen molar-refractivity contribution in [1.29, 1.82) is 0 Å². The molecule has 0 fully saturated rings. The molecule has 0 radical (unpaired) electrons. The number of aryl methyl sites for hydroxylation is 1. The van der Waals surface area contributed by atoms with Gasteiger partial charge in [-0.15, -0.1) is 10.2 Å². The summed E-state index contributed by atoms with van der Waals surface area (Å²) in [6.07, 6.45) is 0. The van der Waals surface area contributed by atoms with E-state index in [-0.39, 0.29) is 5.97 Å². The van der Waals surface area contributed by atoms with Crippen LogP contribution < -0.4 is 0 Å². The van der Waals surface area contributed by atoms with Crippen LogP contribution in [0, 0.1) is 6.92 Å². The third-order valence-electron chi connectivity index (χ3n) is 2.09. The van der Waals surface area contributed by atoms with E-state index in [4.69, 9.17) is 9.15 Å². The molecule has 0 saturated heterocycles. The molecule has 0 aliphatic heterocycles. The maximum Gasteiger partial charge on any atom is 0.339 e. The molecule has 0 aliphatic carbocycles. The molecule has 2 rings (SSSR count). The number of benzene rings is 1. The Morgan fingerprint density at radius 1 is 1.32 bits per heavy atom. The fourth-order valence-corrected chi connectivity index (χ4v) is 3.20. The molecule has 0 unspecified atom stereocenters. The minimum atomic E-state index is -0.326. The summed E-state index contributed by atoms with van der Waals surface area (Å²) < 4.78 is 10.3. The van der Waals surface area contributed by atoms with E-state index in [1.54, 1.807) is 26.0 Å². The molecular weight excluding hydrogens is 284 g/mol. The Hall–Kier alpha value is -1.47. The van der Waals surface area contributed by atoms with Gasteiger partial charge in [0.25, 0.3) is 5.22 Å². The molecule has 0 amide bonds. The minimum Gasteiger partial charge on any atom is -0.462 e. The molecule has 0 aliphatic rings. The van der Waals surface area contributed by atoms with E-state index in [1.165, 1.54) is 21.6 Å². The van der Waals surface area contributed by atoms with Gasteiger partial charge in [-0.3, -0.25) is 0 Å². The summed E-state index contributed by atoms with van der Waals surface area (Å²) in [5.74, 6) is 0.190. The summed E-state index contributed by atoms with van der Waals surface area (Å²) in [6, 6.07) is 7.26. The molecule has 19 heavy (non-hydrogen) atoms. The summed E-state index contributed by atoms with van der Waals surface area (Å²) in [7, 11) is 2.70. The first-order valence-electron chi connectivity index (χ1n) is 5.61. The van der Waals surface area contributed by atoms with Gasteiger partial charge in [-0.05, 0) is 29.9 Å². The van der Waals surface area contributed by atoms with Crippen LogP contribution >= 0.6 is 21.6 Å². The third-order valence-corrected chi connectivity index (χ3v) is 4.24. The summed E-state index contributed by atoms with van der Waals surface area (Å²) in [5.41, 5.74) is 0.540. The predicted octanol–water partition coefficient (Wildman–Crippen LogP) is 3.35. The first-order valence-corrected chi connectivity index (χ1v) is 7.76. The van der Waals surface area contributed by atoms with Gasteiger partial charge in [0.1, 0.15) is 0 Å². The van der Waals surface area contributed by atoms with Crippen LogP contribution in [0.15, 0.2) is 38.8 Å². The molecule has 1 aromatic carbocycles. The molecule has 2 aromatic rings. The van der Waals surface area contributed by atoms with E-state index in [9.17, 15) is 4.79 Å². The zero-order valence-electron chi connectivity index (χ0n) is 10.5. The average Bonchev–Trinajstić information content (AvgIpc) is 2.83. The lowest BCUT2D eigenvalue weighted by Gasteiger charge is -2.06. The van der Waals surface area contributed by atoms with Gasteiger partial charge in [0.05, 0.1) is 12.2 Å². The van der Waals surface area contributed by atoms with Gasteiger partial charge >= 0.3 is 5.97 Å². The van der Waals surface area contributed by atoms with Gasteiger partial charge < -0.3 is 9.15 Å². The molecule has 0 atom stereocenters. The summed E-state index contributed by atoms with van der Waals surface area (Å²) in [5, 5.41) is 8.08. The van der Waals surface area contributed by atoms with Crippen molar-refractivity contribution >= 4 is 27.6 Å². The zero-order chi connectivity index (χ0) is 13.7. The lowest BCUT2D eigenvalue weighted by Crippen LogP contribution is -2.05. The third kappa shape index (κ3) is 3.74. The van der Waals surface area contributed by atoms with Crippen LogP contribution in [0.3, 0.4) is 0 Å². The van der Waals surface area contributed by atoms with Gasteiger partial charge in [-0.1, -0.05) is 12.1 Å². The number of ether oxygens (including phenoxy) is 1. The largest absolute Gasteiger partial charge is 0.462 e. The van der Waals surface area contributed by atoms with Crippen LogP contribution in [-0.2, 0) is 4.74 Å². The van der Waals surface area contributed by atoms with E-state index < -0.39 is 0 Å². The van der Waals surface area contributed by atoms with Gasteiger partial charge in [-0.2, -0.15) is 0 Å². The van der Waals surface area contributed by atoms with Crippen molar-refractivity contribution in [2.24, 2.45) is 0 Å². The van der Waals surface area contributed by atoms with Gasteiger partial charge in [-0.25, -0.2) is 4.79 Å². The predicted molar refractivity (Wildman–Crippen MR) is 73.1 cm³/mol. The SMILES string of the molecule is CCOC(=O)c1ccccc1SSc1nnc(C)o1. The lowest BCUT2D eigenvalue weighted by molar-refractivity contribution is 0.0522. The molecule has 0 spiro atoms. The Balaban J connectivity index is 2.09. The Morgan fingerprint density at radius 3 is 2.79 bits per heavy atom. The van der Waals surface area contributed by atoms with Crippen LogP contribution in [0.2, 0.25) is 0 Å². The number of nitrogens with zero attached hydrogens (tertiary/aromatic N) is 2. The van der Waals surface area contributed by atoms with Crippen LogP contribution in [0.25, 0.3) is 0 Å². The standard InChI is InChI=1S/C12H12N2O3S2/c1-3-16-11(15)9-6-4-5-7-10(9)18-19-12-14-13-8(2)17-12/h4-7H,3H2,1-2H3. The highest BCUT2D eigenvalue weighted by Gasteiger charge is 2.14. The van der Waals surface area contributed by atoms with Crippen molar-refractivity contribution in [2.75, 3.05) is 6.61 Å². The fourth-order valence-electron chi connectivity index (χ4n) is 1.31. The topological polar surface area (TPSA) is 65.2 Å². The maximum atomic E-state index is 11.8. The van der Waals surface area contributed by atoms with Crippen LogP contribution in [0.1, 0.15) is 23.2 Å². The molecule has 100 valence electrons. The Kier molecular flexibility index (Phi) is 4.86. The monoisotopic (exact) mass is 296 g/mol. The van der Waals surface area contributed by atoms with Crippen molar-refractivity contribution in [1.82, 2.24) is 10.2 Å². The van der Waals surface area contributed by atoms with Crippen LogP contribution in [-0.4, -0.2) is 22.8 Å². The number of rotatable bonds is 5. The fraction of sp³-hybridized carbons (Fsp3) is 0.250. The first kappa shape index (κ1) is 14.0. The van der Waals surface area contributed by atoms with E-state index >= 15 is 0 Å². The van der Waals surface area contributed by atoms with Crippen molar-refractivity contribution < 1.29 is 13.9 Å². The van der Waals surface area contributed by atoms with Crippen molar-refractivity contribution in [3.8, 4) is 0 Å². The van der Waals surface area contributed by atoms with Crippen LogP contribution in [0.4, 0.5) is 0 Å². The van der Waals surface area contributed by atoms with Gasteiger partial charge in [0, 0.05) is 22.6 Å². The number of carbonyl (C=O) groups is 1. The second-order valence-corrected chi connectivity index (χ2v) is 5.59. The highest BCUT2D eigenvalue weighted by atomic mass is 33.1. The number of aromatic nitrogens is 2. The number of hydrogen-bond donors (Lipinski definition) is 0.